The molecular formula is C51H76N2O10. The Kier molecular flexibility index (Phi) is 13.4. The third-order valence-electron chi connectivity index (χ3n) is 15.8. The van der Waals surface area contributed by atoms with Gasteiger partial charge < -0.3 is 34.1 Å². The second-order valence-electron chi connectivity index (χ2n) is 22.0. The van der Waals surface area contributed by atoms with Crippen LogP contribution in [-0.4, -0.2) is 94.2 Å². The average Bonchev–Trinajstić information content (AvgIpc) is 3.50. The molecule has 2 N–H and O–H groups in total. The lowest BCUT2D eigenvalue weighted by atomic mass is 9.52. The summed E-state index contributed by atoms with van der Waals surface area (Å²) < 4.78 is 32.2. The van der Waals surface area contributed by atoms with Crippen LogP contribution >= 0.6 is 0 Å². The zero-order valence-corrected chi connectivity index (χ0v) is 39.4. The fraction of sp³-hybridized carbons (Fsp3) is 0.784. The van der Waals surface area contributed by atoms with Gasteiger partial charge >= 0.3 is 11.9 Å². The van der Waals surface area contributed by atoms with E-state index in [0.29, 0.717) is 30.8 Å². The SMILES string of the molecule is CCCCCC1(CCCCC)O[C@@H]2[C@H](O1)[C@H]1ON(Cc3ccccc3C=C3CCC4O[C@]4(C)CC[C@@H]4[C@@H]3CC4(C)C)[C@H]3C(=O)O[C@@H]2C[C@@]13C(=O)N[C@H](CO)CCC(=O)OC(C)(C)C. The van der Waals surface area contributed by atoms with Gasteiger partial charge in [0.15, 0.2) is 11.8 Å². The van der Waals surface area contributed by atoms with Gasteiger partial charge in [-0.1, -0.05) is 89.3 Å². The number of carbonyl (C=O) groups is 3. The topological polar surface area (TPSA) is 145 Å². The zero-order chi connectivity index (χ0) is 45.0. The first-order chi connectivity index (χ1) is 29.9. The van der Waals surface area contributed by atoms with Crippen LogP contribution in [-0.2, 0) is 49.5 Å². The van der Waals surface area contributed by atoms with E-state index in [1.54, 1.807) is 25.8 Å². The molecule has 2 bridgehead atoms. The predicted molar refractivity (Wildman–Crippen MR) is 238 cm³/mol. The quantitative estimate of drug-likeness (QED) is 0.0883. The molecule has 8 rings (SSSR count). The van der Waals surface area contributed by atoms with Crippen molar-refractivity contribution in [2.45, 2.75) is 224 Å². The second kappa shape index (κ2) is 18.1. The third kappa shape index (κ3) is 9.29. The summed E-state index contributed by atoms with van der Waals surface area (Å²) in [4.78, 5) is 49.5. The van der Waals surface area contributed by atoms with Gasteiger partial charge in [0, 0.05) is 25.7 Å². The minimum atomic E-state index is -1.42. The van der Waals surface area contributed by atoms with Gasteiger partial charge in [0.1, 0.15) is 35.4 Å². The molecule has 4 heterocycles. The van der Waals surface area contributed by atoms with E-state index < -0.39 is 77.8 Å². The maximum atomic E-state index is 15.2. The number of nitrogens with one attached hydrogen (secondary N) is 1. The van der Waals surface area contributed by atoms with Crippen LogP contribution in [0.3, 0.4) is 0 Å². The lowest BCUT2D eigenvalue weighted by Crippen LogP contribution is -2.70. The van der Waals surface area contributed by atoms with Gasteiger partial charge in [-0.2, -0.15) is 5.06 Å². The minimum absolute atomic E-state index is 0.00361. The molecule has 11 atom stereocenters. The molecular weight excluding hydrogens is 801 g/mol. The summed E-state index contributed by atoms with van der Waals surface area (Å²) in [5, 5.41) is 15.3. The molecule has 1 amide bonds. The second-order valence-corrected chi connectivity index (χ2v) is 22.0. The number of hydroxylamine groups is 2. The molecule has 1 unspecified atom stereocenters. The van der Waals surface area contributed by atoms with E-state index in [1.165, 1.54) is 5.57 Å². The van der Waals surface area contributed by atoms with Gasteiger partial charge in [0.25, 0.3) is 0 Å². The zero-order valence-electron chi connectivity index (χ0n) is 39.4. The Morgan fingerprint density at radius 3 is 2.38 bits per heavy atom. The van der Waals surface area contributed by atoms with E-state index in [0.717, 1.165) is 81.8 Å². The molecule has 4 saturated heterocycles. The van der Waals surface area contributed by atoms with Crippen LogP contribution in [0.2, 0.25) is 0 Å². The molecule has 1 aromatic rings. The fourth-order valence-electron chi connectivity index (χ4n) is 12.3. The minimum Gasteiger partial charge on any atom is -0.460 e. The van der Waals surface area contributed by atoms with Crippen molar-refractivity contribution in [3.05, 3.63) is 41.0 Å². The first-order valence-corrected chi connectivity index (χ1v) is 24.5. The Morgan fingerprint density at radius 2 is 1.70 bits per heavy atom. The number of rotatable bonds is 17. The van der Waals surface area contributed by atoms with Crippen LogP contribution in [0.5, 0.6) is 0 Å². The molecule has 0 aromatic heterocycles. The number of hydrogen-bond acceptors (Lipinski definition) is 11. The van der Waals surface area contributed by atoms with Crippen LogP contribution in [0.1, 0.15) is 169 Å². The molecule has 350 valence electrons. The highest BCUT2D eigenvalue weighted by Crippen LogP contribution is 2.61. The monoisotopic (exact) mass is 877 g/mol. The van der Waals surface area contributed by atoms with Crippen LogP contribution < -0.4 is 5.32 Å². The lowest BCUT2D eigenvalue weighted by Gasteiger charge is -2.53. The molecule has 0 spiro atoms. The number of hydrogen-bond donors (Lipinski definition) is 2. The number of aliphatic hydroxyl groups is 1. The fourth-order valence-corrected chi connectivity index (χ4v) is 12.3. The van der Waals surface area contributed by atoms with Gasteiger partial charge in [-0.05, 0) is 107 Å². The van der Waals surface area contributed by atoms with Crippen LogP contribution in [0.25, 0.3) is 6.08 Å². The van der Waals surface area contributed by atoms with Crippen molar-refractivity contribution >= 4 is 23.9 Å². The van der Waals surface area contributed by atoms with Gasteiger partial charge in [0.2, 0.25) is 5.91 Å². The standard InChI is InChI=1S/C51H76N2O10/c1-9-11-15-24-50(25-16-12-10-2)61-41-38-29-51(46(57)52-35(31-54)20-22-40(55)60-47(3,4)5)43(45(56)58-38)53(63-44(51)42(41)62-50)30-34-18-14-13-17-32(34)27-33-19-21-39-49(8,59-39)26-23-37-36(33)28-48(37,6)7/h13-14,17-18,27,35-39,41-44,54H,9-12,15-16,19-26,28-31H2,1-8H3,(H,52,57)/t35-,36+,37+,38+,39?,41-,42-,43-,44+,49+,51-/m0/s1. The van der Waals surface area contributed by atoms with Crippen molar-refractivity contribution in [2.24, 2.45) is 22.7 Å². The predicted octanol–water partition coefficient (Wildman–Crippen LogP) is 8.50. The molecule has 0 radical (unpaired) electrons. The number of aliphatic hydroxyl groups excluding tert-OH is 1. The number of esters is 2. The number of unbranched alkanes of at least 4 members (excludes halogenated alkanes) is 4. The normalized spacial score (nSPS) is 36.1. The van der Waals surface area contributed by atoms with E-state index in [1.807, 2.05) is 6.07 Å². The van der Waals surface area contributed by atoms with Gasteiger partial charge in [-0.3, -0.25) is 19.2 Å². The smallest absolute Gasteiger partial charge is 0.327 e. The molecule has 12 heteroatoms. The van der Waals surface area contributed by atoms with E-state index in [2.05, 4.69) is 64.2 Å². The number of fused-ring (bicyclic) bond motifs is 6. The van der Waals surface area contributed by atoms with Crippen molar-refractivity contribution in [1.82, 2.24) is 10.4 Å². The largest absolute Gasteiger partial charge is 0.460 e. The first kappa shape index (κ1) is 46.7. The van der Waals surface area contributed by atoms with Gasteiger partial charge in [0.05, 0.1) is 30.9 Å². The summed E-state index contributed by atoms with van der Waals surface area (Å²) in [6.07, 6.45) is 13.0. The van der Waals surface area contributed by atoms with E-state index in [4.69, 9.17) is 28.5 Å². The van der Waals surface area contributed by atoms with Crippen LogP contribution in [0.15, 0.2) is 29.8 Å². The Labute approximate surface area is 375 Å². The maximum absolute atomic E-state index is 15.2. The number of ether oxygens (including phenoxy) is 5. The number of allylic oxidation sites excluding steroid dienone is 1. The lowest BCUT2D eigenvalue weighted by molar-refractivity contribution is -0.224. The van der Waals surface area contributed by atoms with Crippen molar-refractivity contribution in [1.29, 1.82) is 0 Å². The number of benzene rings is 1. The maximum Gasteiger partial charge on any atom is 0.327 e. The molecule has 4 aliphatic heterocycles. The summed E-state index contributed by atoms with van der Waals surface area (Å²) in [7, 11) is 0. The van der Waals surface area contributed by atoms with Crippen molar-refractivity contribution in [3.63, 3.8) is 0 Å². The summed E-state index contributed by atoms with van der Waals surface area (Å²) in [5.74, 6) is -1.15. The van der Waals surface area contributed by atoms with Crippen molar-refractivity contribution < 1.29 is 48.0 Å². The molecule has 12 nitrogen and oxygen atoms in total. The third-order valence-corrected chi connectivity index (χ3v) is 15.8. The molecule has 1 aromatic carbocycles. The number of epoxide rings is 1. The molecule has 63 heavy (non-hydrogen) atoms. The highest BCUT2D eigenvalue weighted by Gasteiger charge is 2.76. The van der Waals surface area contributed by atoms with Crippen LogP contribution in [0.4, 0.5) is 0 Å². The van der Waals surface area contributed by atoms with Gasteiger partial charge in [-0.15, -0.1) is 0 Å². The highest BCUT2D eigenvalue weighted by atomic mass is 16.8. The molecule has 3 saturated carbocycles. The average molecular weight is 877 g/mol. The summed E-state index contributed by atoms with van der Waals surface area (Å²) >= 11 is 0. The molecule has 3 aliphatic carbocycles. The van der Waals surface area contributed by atoms with E-state index >= 15 is 4.79 Å². The first-order valence-electron chi connectivity index (χ1n) is 24.5. The number of nitrogens with zero attached hydrogens (tertiary/aromatic N) is 1. The Hall–Kier alpha value is -2.87. The van der Waals surface area contributed by atoms with E-state index in [9.17, 15) is 14.7 Å². The molecule has 7 aliphatic rings. The Bertz CT molecular complexity index is 1860. The summed E-state index contributed by atoms with van der Waals surface area (Å²) in [5.41, 5.74) is 1.71. The highest BCUT2D eigenvalue weighted by molar-refractivity contribution is 5.94. The van der Waals surface area contributed by atoms with Gasteiger partial charge in [-0.25, -0.2) is 0 Å². The van der Waals surface area contributed by atoms with E-state index in [-0.39, 0.29) is 36.8 Å². The van der Waals surface area contributed by atoms with Crippen molar-refractivity contribution in [2.75, 3.05) is 6.61 Å². The number of amides is 1. The molecule has 7 fully saturated rings. The number of carbonyl (C=O) groups excluding carboxylic acids is 3. The van der Waals surface area contributed by atoms with Crippen molar-refractivity contribution in [3.8, 4) is 0 Å². The Morgan fingerprint density at radius 1 is 0.984 bits per heavy atom. The summed E-state index contributed by atoms with van der Waals surface area (Å²) in [6, 6.07) is 6.46. The van der Waals surface area contributed by atoms with Crippen LogP contribution in [0, 0.1) is 22.7 Å². The Balaban J connectivity index is 1.11. The summed E-state index contributed by atoms with van der Waals surface area (Å²) in [6.45, 7) is 16.7.